The second-order valence-corrected chi connectivity index (χ2v) is 13.7. The number of likely N-dealkylation sites (tertiary alicyclic amines) is 1. The predicted molar refractivity (Wildman–Crippen MR) is 204 cm³/mol. The number of carboxylic acid groups (broad SMARTS) is 1. The number of hydrogen-bond donors (Lipinski definition) is 3. The van der Waals surface area contributed by atoms with Crippen LogP contribution in [-0.2, 0) is 11.3 Å². The molecule has 1 unspecified atom stereocenters. The molecular formula is C42H44N6O3. The van der Waals surface area contributed by atoms with Crippen LogP contribution in [0.25, 0.3) is 33.1 Å². The highest BCUT2D eigenvalue weighted by molar-refractivity contribution is 6.14. The van der Waals surface area contributed by atoms with E-state index < -0.39 is 12.1 Å². The SMILES string of the molecule is CCCCn1c2cc(N=C(c3ccccc3)c3ccccc3)ccc2c2ccc(-c3cnc([C@@H]4CCCN4C(=O)C(NC(=O)O)C(C)C)[nH]3)cc21. The molecule has 9 heteroatoms. The fourth-order valence-electron chi connectivity index (χ4n) is 7.29. The van der Waals surface area contributed by atoms with Crippen molar-refractivity contribution >= 4 is 45.2 Å². The Balaban J connectivity index is 1.25. The number of amides is 2. The number of unbranched alkanes of at least 4 members (excludes halogenated alkanes) is 1. The molecule has 51 heavy (non-hydrogen) atoms. The largest absolute Gasteiger partial charge is 0.465 e. The smallest absolute Gasteiger partial charge is 0.405 e. The number of benzene rings is 4. The first-order valence-electron chi connectivity index (χ1n) is 17.9. The van der Waals surface area contributed by atoms with Gasteiger partial charge in [0.15, 0.2) is 0 Å². The minimum atomic E-state index is -1.20. The summed E-state index contributed by atoms with van der Waals surface area (Å²) < 4.78 is 2.41. The van der Waals surface area contributed by atoms with E-state index in [9.17, 15) is 14.7 Å². The monoisotopic (exact) mass is 680 g/mol. The Hall–Kier alpha value is -5.70. The average molecular weight is 681 g/mol. The van der Waals surface area contributed by atoms with Crippen molar-refractivity contribution < 1.29 is 14.7 Å². The number of rotatable bonds is 11. The Morgan fingerprint density at radius 1 is 0.941 bits per heavy atom. The van der Waals surface area contributed by atoms with Crippen LogP contribution in [0.3, 0.4) is 0 Å². The van der Waals surface area contributed by atoms with Crippen molar-refractivity contribution in [1.82, 2.24) is 24.8 Å². The number of nitrogens with zero attached hydrogens (tertiary/aromatic N) is 4. The first-order valence-corrected chi connectivity index (χ1v) is 17.9. The zero-order chi connectivity index (χ0) is 35.5. The van der Waals surface area contributed by atoms with Crippen LogP contribution in [0.5, 0.6) is 0 Å². The molecule has 1 fully saturated rings. The van der Waals surface area contributed by atoms with Crippen LogP contribution in [-0.4, -0.2) is 54.8 Å². The van der Waals surface area contributed by atoms with Gasteiger partial charge in [-0.25, -0.2) is 14.8 Å². The molecule has 0 spiro atoms. The number of carbonyl (C=O) groups excluding carboxylic acids is 1. The minimum absolute atomic E-state index is 0.175. The lowest BCUT2D eigenvalue weighted by Crippen LogP contribution is -2.50. The van der Waals surface area contributed by atoms with Gasteiger partial charge in [-0.3, -0.25) is 4.79 Å². The zero-order valence-electron chi connectivity index (χ0n) is 29.3. The van der Waals surface area contributed by atoms with Crippen molar-refractivity contribution in [3.63, 3.8) is 0 Å². The van der Waals surface area contributed by atoms with Crippen LogP contribution in [0.2, 0.25) is 0 Å². The lowest BCUT2D eigenvalue weighted by molar-refractivity contribution is -0.135. The van der Waals surface area contributed by atoms with E-state index in [1.807, 2.05) is 56.4 Å². The van der Waals surface area contributed by atoms with Gasteiger partial charge in [-0.1, -0.05) is 106 Å². The fourth-order valence-corrected chi connectivity index (χ4v) is 7.29. The normalized spacial score (nSPS) is 15.1. The molecule has 0 radical (unpaired) electrons. The van der Waals surface area contributed by atoms with E-state index in [1.54, 1.807) is 4.90 Å². The number of nitrogens with one attached hydrogen (secondary N) is 2. The summed E-state index contributed by atoms with van der Waals surface area (Å²) in [5.41, 5.74) is 8.17. The van der Waals surface area contributed by atoms with Crippen molar-refractivity contribution in [2.24, 2.45) is 10.9 Å². The van der Waals surface area contributed by atoms with E-state index in [-0.39, 0.29) is 17.9 Å². The number of imidazole rings is 1. The summed E-state index contributed by atoms with van der Waals surface area (Å²) in [6.07, 6.45) is 4.36. The molecule has 0 saturated carbocycles. The number of fused-ring (bicyclic) bond motifs is 3. The number of aromatic nitrogens is 3. The van der Waals surface area contributed by atoms with Crippen LogP contribution >= 0.6 is 0 Å². The fraction of sp³-hybridized carbons (Fsp3) is 0.286. The first kappa shape index (κ1) is 33.8. The third kappa shape index (κ3) is 6.88. The Morgan fingerprint density at radius 3 is 2.25 bits per heavy atom. The summed E-state index contributed by atoms with van der Waals surface area (Å²) in [6, 6.07) is 32.7. The van der Waals surface area contributed by atoms with Crippen molar-refractivity contribution in [2.75, 3.05) is 6.54 Å². The number of aryl methyl sites for hydroxylation is 1. The number of hydrogen-bond acceptors (Lipinski definition) is 4. The van der Waals surface area contributed by atoms with Crippen molar-refractivity contribution in [3.8, 4) is 11.3 Å². The van der Waals surface area contributed by atoms with Gasteiger partial charge in [-0.05, 0) is 43.4 Å². The van der Waals surface area contributed by atoms with E-state index in [0.29, 0.717) is 6.54 Å². The maximum Gasteiger partial charge on any atom is 0.405 e. The van der Waals surface area contributed by atoms with Crippen LogP contribution in [0.15, 0.2) is 108 Å². The molecule has 1 aliphatic rings. The maximum atomic E-state index is 13.5. The summed E-state index contributed by atoms with van der Waals surface area (Å²) >= 11 is 0. The third-order valence-corrected chi connectivity index (χ3v) is 9.89. The molecule has 260 valence electrons. The van der Waals surface area contributed by atoms with Crippen LogP contribution < -0.4 is 5.32 Å². The number of aliphatic imine (C=N–C) groups is 1. The molecule has 4 aromatic carbocycles. The van der Waals surface area contributed by atoms with Gasteiger partial charge in [0.1, 0.15) is 11.9 Å². The van der Waals surface area contributed by atoms with Crippen molar-refractivity contribution in [3.05, 3.63) is 120 Å². The van der Waals surface area contributed by atoms with Gasteiger partial charge in [0.25, 0.3) is 0 Å². The highest BCUT2D eigenvalue weighted by Gasteiger charge is 2.37. The van der Waals surface area contributed by atoms with E-state index in [0.717, 1.165) is 82.9 Å². The summed E-state index contributed by atoms with van der Waals surface area (Å²) in [4.78, 5) is 40.2. The molecule has 2 aromatic heterocycles. The van der Waals surface area contributed by atoms with Gasteiger partial charge in [0.2, 0.25) is 5.91 Å². The highest BCUT2D eigenvalue weighted by atomic mass is 16.4. The summed E-state index contributed by atoms with van der Waals surface area (Å²) in [5, 5.41) is 14.1. The molecule has 9 nitrogen and oxygen atoms in total. The summed E-state index contributed by atoms with van der Waals surface area (Å²) in [5.74, 6) is 0.333. The molecular weight excluding hydrogens is 637 g/mol. The highest BCUT2D eigenvalue weighted by Crippen LogP contribution is 2.36. The molecule has 3 N–H and O–H groups in total. The van der Waals surface area contributed by atoms with Gasteiger partial charge in [-0.2, -0.15) is 0 Å². The second-order valence-electron chi connectivity index (χ2n) is 13.7. The lowest BCUT2D eigenvalue weighted by atomic mass is 10.0. The molecule has 6 aromatic rings. The third-order valence-electron chi connectivity index (χ3n) is 9.89. The van der Waals surface area contributed by atoms with E-state index >= 15 is 0 Å². The number of carbonyl (C=O) groups is 2. The molecule has 0 aliphatic carbocycles. The zero-order valence-corrected chi connectivity index (χ0v) is 29.3. The van der Waals surface area contributed by atoms with E-state index in [1.165, 1.54) is 10.8 Å². The Morgan fingerprint density at radius 2 is 1.61 bits per heavy atom. The second kappa shape index (κ2) is 14.6. The van der Waals surface area contributed by atoms with Crippen molar-refractivity contribution in [1.29, 1.82) is 0 Å². The predicted octanol–water partition coefficient (Wildman–Crippen LogP) is 9.11. The summed E-state index contributed by atoms with van der Waals surface area (Å²) in [7, 11) is 0. The topological polar surface area (TPSA) is 116 Å². The minimum Gasteiger partial charge on any atom is -0.465 e. The molecule has 1 aliphatic heterocycles. The number of H-pyrrole nitrogens is 1. The molecule has 1 saturated heterocycles. The molecule has 7 rings (SSSR count). The van der Waals surface area contributed by atoms with Gasteiger partial charge in [-0.15, -0.1) is 0 Å². The Kier molecular flexibility index (Phi) is 9.70. The molecule has 2 amide bonds. The quantitative estimate of drug-likeness (QED) is 0.118. The van der Waals surface area contributed by atoms with Crippen LogP contribution in [0.1, 0.15) is 69.4 Å². The lowest BCUT2D eigenvalue weighted by Gasteiger charge is -2.29. The van der Waals surface area contributed by atoms with Gasteiger partial charge in [0.05, 0.1) is 34.8 Å². The molecule has 3 heterocycles. The molecule has 2 atom stereocenters. The maximum absolute atomic E-state index is 13.5. The van der Waals surface area contributed by atoms with Gasteiger partial charge >= 0.3 is 6.09 Å². The first-order chi connectivity index (χ1) is 24.8. The Bertz CT molecular complexity index is 2160. The van der Waals surface area contributed by atoms with Gasteiger partial charge in [0, 0.05) is 46.1 Å². The van der Waals surface area contributed by atoms with Crippen LogP contribution in [0, 0.1) is 5.92 Å². The number of aromatic amines is 1. The Labute approximate surface area is 298 Å². The average Bonchev–Trinajstić information content (AvgIpc) is 3.90. The summed E-state index contributed by atoms with van der Waals surface area (Å²) in [6.45, 7) is 7.37. The van der Waals surface area contributed by atoms with E-state index in [4.69, 9.17) is 9.98 Å². The molecule has 0 bridgehead atoms. The van der Waals surface area contributed by atoms with Crippen molar-refractivity contribution in [2.45, 2.75) is 65.1 Å². The van der Waals surface area contributed by atoms with E-state index in [2.05, 4.69) is 82.5 Å². The van der Waals surface area contributed by atoms with Gasteiger partial charge < -0.3 is 24.9 Å². The van der Waals surface area contributed by atoms with Crippen LogP contribution in [0.4, 0.5) is 10.5 Å². The standard InChI is InChI=1S/C42H44N6O3/c1-4-5-22-47-36-24-30(34-26-43-40(45-34)35-17-12-23-48(35)41(49)38(27(2)3)46-42(50)51)18-20-32(36)33-21-19-31(25-37(33)47)44-39(28-13-8-6-9-14-28)29-15-10-7-11-16-29/h6-11,13-16,18-21,24-27,35,38,46H,4-5,12,17,22-23H2,1-3H3,(H,43,45)(H,50,51)/t35-,38?/m0/s1.